The van der Waals surface area contributed by atoms with Crippen molar-refractivity contribution >= 4 is 23.3 Å². The molecule has 0 fully saturated rings. The molecule has 0 bridgehead atoms. The second-order valence-electron chi connectivity index (χ2n) is 6.13. The van der Waals surface area contributed by atoms with E-state index in [-0.39, 0.29) is 18.1 Å². The minimum atomic E-state index is -0.854. The topological polar surface area (TPSA) is 76.0 Å². The van der Waals surface area contributed by atoms with Gasteiger partial charge in [0.2, 0.25) is 11.8 Å². The molecule has 3 aromatic rings. The monoisotopic (exact) mass is 368 g/mol. The maximum atomic E-state index is 13.1. The van der Waals surface area contributed by atoms with E-state index in [0.29, 0.717) is 22.8 Å². The summed E-state index contributed by atoms with van der Waals surface area (Å²) in [6.45, 7) is 0. The van der Waals surface area contributed by atoms with Crippen molar-refractivity contribution in [1.82, 2.24) is 9.78 Å². The summed E-state index contributed by atoms with van der Waals surface area (Å²) in [4.78, 5) is 24.7. The van der Waals surface area contributed by atoms with Crippen LogP contribution in [0.1, 0.15) is 12.5 Å². The Labute approximate surface area is 152 Å². The predicted molar refractivity (Wildman–Crippen MR) is 94.9 cm³/mol. The summed E-state index contributed by atoms with van der Waals surface area (Å²) in [7, 11) is 0. The Bertz CT molecular complexity index is 1010. The van der Waals surface area contributed by atoms with Crippen LogP contribution in [0, 0.1) is 11.6 Å². The largest absolute Gasteiger partial charge is 0.324 e. The van der Waals surface area contributed by atoms with Gasteiger partial charge in [0.05, 0.1) is 12.1 Å². The molecule has 2 amide bonds. The van der Waals surface area contributed by atoms with Gasteiger partial charge in [-0.15, -0.1) is 0 Å². The Morgan fingerprint density at radius 2 is 1.70 bits per heavy atom. The molecule has 0 saturated carbocycles. The van der Waals surface area contributed by atoms with Crippen LogP contribution in [0.2, 0.25) is 0 Å². The standard InChI is InChI=1S/C19H14F2N4O2/c20-12-3-1-11(2-4-12)15-9-17-23-18(26)10-16(25(17)24-15)19(27)22-14-7-5-13(21)6-8-14/h1-9,16H,10H2,(H,22,27)(H,23,26)/t16-/m0/s1. The Morgan fingerprint density at radius 1 is 1.07 bits per heavy atom. The molecule has 1 aliphatic rings. The number of nitrogens with one attached hydrogen (secondary N) is 2. The first kappa shape index (κ1) is 16.9. The van der Waals surface area contributed by atoms with E-state index in [4.69, 9.17) is 0 Å². The first-order chi connectivity index (χ1) is 13.0. The van der Waals surface area contributed by atoms with Crippen LogP contribution in [0.15, 0.2) is 54.6 Å². The number of carbonyl (C=O) groups excluding carboxylic acids is 2. The third kappa shape index (κ3) is 3.41. The minimum Gasteiger partial charge on any atom is -0.324 e. The molecule has 0 aliphatic carbocycles. The lowest BCUT2D eigenvalue weighted by atomic mass is 10.1. The molecule has 136 valence electrons. The lowest BCUT2D eigenvalue weighted by molar-refractivity contribution is -0.125. The summed E-state index contributed by atoms with van der Waals surface area (Å²) in [5.74, 6) is -1.15. The molecule has 0 spiro atoms. The van der Waals surface area contributed by atoms with Gasteiger partial charge >= 0.3 is 0 Å². The fourth-order valence-electron chi connectivity index (χ4n) is 2.91. The Balaban J connectivity index is 1.63. The molecular weight excluding hydrogens is 354 g/mol. The van der Waals surface area contributed by atoms with Crippen LogP contribution in [0.4, 0.5) is 20.3 Å². The van der Waals surface area contributed by atoms with E-state index in [9.17, 15) is 18.4 Å². The van der Waals surface area contributed by atoms with Crippen molar-refractivity contribution in [2.75, 3.05) is 10.6 Å². The van der Waals surface area contributed by atoms with E-state index in [1.807, 2.05) is 0 Å². The third-order valence-electron chi connectivity index (χ3n) is 4.23. The molecule has 2 N–H and O–H groups in total. The number of benzene rings is 2. The van der Waals surface area contributed by atoms with Crippen molar-refractivity contribution in [3.8, 4) is 11.3 Å². The first-order valence-corrected chi connectivity index (χ1v) is 8.21. The molecular formula is C19H14F2N4O2. The summed E-state index contributed by atoms with van der Waals surface area (Å²) < 4.78 is 27.6. The van der Waals surface area contributed by atoms with Crippen LogP contribution in [0.25, 0.3) is 11.3 Å². The molecule has 0 unspecified atom stereocenters. The third-order valence-corrected chi connectivity index (χ3v) is 4.23. The van der Waals surface area contributed by atoms with Crippen molar-refractivity contribution in [1.29, 1.82) is 0 Å². The lowest BCUT2D eigenvalue weighted by Gasteiger charge is -2.23. The zero-order valence-electron chi connectivity index (χ0n) is 13.9. The maximum absolute atomic E-state index is 13.1. The highest BCUT2D eigenvalue weighted by Gasteiger charge is 2.32. The van der Waals surface area contributed by atoms with Crippen LogP contribution in [-0.4, -0.2) is 21.6 Å². The highest BCUT2D eigenvalue weighted by atomic mass is 19.1. The van der Waals surface area contributed by atoms with Gasteiger partial charge in [0.1, 0.15) is 23.5 Å². The number of anilines is 2. The van der Waals surface area contributed by atoms with Crippen molar-refractivity contribution in [3.63, 3.8) is 0 Å². The molecule has 4 rings (SSSR count). The van der Waals surface area contributed by atoms with Gasteiger partial charge in [-0.05, 0) is 48.5 Å². The number of fused-ring (bicyclic) bond motifs is 1. The average Bonchev–Trinajstić information content (AvgIpc) is 3.07. The van der Waals surface area contributed by atoms with Crippen LogP contribution in [0.3, 0.4) is 0 Å². The first-order valence-electron chi connectivity index (χ1n) is 8.21. The van der Waals surface area contributed by atoms with E-state index < -0.39 is 17.8 Å². The van der Waals surface area contributed by atoms with Crippen LogP contribution < -0.4 is 10.6 Å². The van der Waals surface area contributed by atoms with Crippen LogP contribution in [-0.2, 0) is 9.59 Å². The Morgan fingerprint density at radius 3 is 2.37 bits per heavy atom. The maximum Gasteiger partial charge on any atom is 0.249 e. The summed E-state index contributed by atoms with van der Waals surface area (Å²) >= 11 is 0. The van der Waals surface area contributed by atoms with Gasteiger partial charge in [-0.2, -0.15) is 5.10 Å². The Hall–Kier alpha value is -3.55. The zero-order chi connectivity index (χ0) is 19.0. The molecule has 8 heteroatoms. The summed E-state index contributed by atoms with van der Waals surface area (Å²) in [6, 6.07) is 11.9. The predicted octanol–water partition coefficient (Wildman–Crippen LogP) is 3.35. The number of carbonyl (C=O) groups is 2. The quantitative estimate of drug-likeness (QED) is 0.744. The molecule has 2 aromatic carbocycles. The fourth-order valence-corrected chi connectivity index (χ4v) is 2.91. The van der Waals surface area contributed by atoms with Crippen molar-refractivity contribution in [2.24, 2.45) is 0 Å². The summed E-state index contributed by atoms with van der Waals surface area (Å²) in [5.41, 5.74) is 1.58. The summed E-state index contributed by atoms with van der Waals surface area (Å²) in [6.07, 6.45) is -0.0788. The van der Waals surface area contributed by atoms with Gasteiger partial charge < -0.3 is 10.6 Å². The number of aromatic nitrogens is 2. The highest BCUT2D eigenvalue weighted by Crippen LogP contribution is 2.30. The number of nitrogens with zero attached hydrogens (tertiary/aromatic N) is 2. The molecule has 6 nitrogen and oxygen atoms in total. The molecule has 0 radical (unpaired) electrons. The highest BCUT2D eigenvalue weighted by molar-refractivity contribution is 6.01. The van der Waals surface area contributed by atoms with Gasteiger partial charge in [0, 0.05) is 17.3 Å². The molecule has 27 heavy (non-hydrogen) atoms. The number of hydrogen-bond acceptors (Lipinski definition) is 3. The fraction of sp³-hybridized carbons (Fsp3) is 0.105. The SMILES string of the molecule is O=C1C[C@@H](C(=O)Nc2ccc(F)cc2)n2nc(-c3ccc(F)cc3)cc2N1. The van der Waals surface area contributed by atoms with Gasteiger partial charge in [-0.25, -0.2) is 13.5 Å². The van der Waals surface area contributed by atoms with Crippen molar-refractivity contribution < 1.29 is 18.4 Å². The van der Waals surface area contributed by atoms with Gasteiger partial charge in [0.25, 0.3) is 0 Å². The average molecular weight is 368 g/mol. The van der Waals surface area contributed by atoms with E-state index >= 15 is 0 Å². The zero-order valence-corrected chi connectivity index (χ0v) is 13.9. The lowest BCUT2D eigenvalue weighted by Crippen LogP contribution is -2.35. The van der Waals surface area contributed by atoms with Crippen LogP contribution >= 0.6 is 0 Å². The number of rotatable bonds is 3. The smallest absolute Gasteiger partial charge is 0.249 e. The van der Waals surface area contributed by atoms with E-state index in [1.54, 1.807) is 18.2 Å². The number of halogens is 2. The number of hydrogen-bond donors (Lipinski definition) is 2. The second kappa shape index (κ2) is 6.64. The van der Waals surface area contributed by atoms with Gasteiger partial charge in [-0.1, -0.05) is 0 Å². The van der Waals surface area contributed by atoms with E-state index in [0.717, 1.165) is 0 Å². The van der Waals surface area contributed by atoms with E-state index in [2.05, 4.69) is 15.7 Å². The molecule has 1 aliphatic heterocycles. The van der Waals surface area contributed by atoms with Crippen molar-refractivity contribution in [3.05, 3.63) is 66.2 Å². The van der Waals surface area contributed by atoms with E-state index in [1.165, 1.54) is 41.1 Å². The number of amides is 2. The van der Waals surface area contributed by atoms with Gasteiger partial charge in [0.15, 0.2) is 0 Å². The molecule has 1 aromatic heterocycles. The van der Waals surface area contributed by atoms with Gasteiger partial charge in [-0.3, -0.25) is 9.59 Å². The summed E-state index contributed by atoms with van der Waals surface area (Å²) in [5, 5.41) is 9.74. The van der Waals surface area contributed by atoms with Crippen molar-refractivity contribution in [2.45, 2.75) is 12.5 Å². The minimum absolute atomic E-state index is 0.0788. The Kier molecular flexibility index (Phi) is 4.15. The molecule has 0 saturated heterocycles. The second-order valence-corrected chi connectivity index (χ2v) is 6.13. The van der Waals surface area contributed by atoms with Crippen LogP contribution in [0.5, 0.6) is 0 Å². The molecule has 1 atom stereocenters. The normalized spacial score (nSPS) is 15.8. The molecule has 2 heterocycles.